The van der Waals surface area contributed by atoms with Gasteiger partial charge in [0, 0.05) is 6.54 Å². The maximum absolute atomic E-state index is 3.73. The molecular formula is C4H8N2. The largest absolute Gasteiger partial charge is 0.296 e. The predicted molar refractivity (Wildman–Crippen MR) is 26.0 cm³/mol. The number of hydrogen-bond donors (Lipinski definition) is 1. The van der Waals surface area contributed by atoms with Crippen LogP contribution in [0.5, 0.6) is 0 Å². The average Bonchev–Trinajstić information content (AvgIpc) is 1.31. The van der Waals surface area contributed by atoms with Crippen molar-refractivity contribution in [3.05, 3.63) is 0 Å². The highest BCUT2D eigenvalue weighted by molar-refractivity contribution is 5.24. The Balaban J connectivity index is 2.16. The lowest BCUT2D eigenvalue weighted by Gasteiger charge is -2.22. The van der Waals surface area contributed by atoms with Crippen molar-refractivity contribution in [1.29, 1.82) is 0 Å². The molecule has 1 atom stereocenters. The molecule has 2 heteroatoms. The van der Waals surface area contributed by atoms with Crippen LogP contribution in [0.1, 0.15) is 6.42 Å². The fraction of sp³-hybridized carbons (Fsp3) is 0.750. The quantitative estimate of drug-likeness (QED) is 0.444. The Hall–Kier alpha value is -0.370. The molecule has 34 valence electrons. The molecule has 1 aliphatic rings. The van der Waals surface area contributed by atoms with Crippen LogP contribution in [0.15, 0.2) is 4.99 Å². The summed E-state index contributed by atoms with van der Waals surface area (Å²) in [5, 5.41) is 3.07. The summed E-state index contributed by atoms with van der Waals surface area (Å²) >= 11 is 0. The van der Waals surface area contributed by atoms with Crippen molar-refractivity contribution in [3.63, 3.8) is 0 Å². The third kappa shape index (κ3) is 0.431. The first-order chi connectivity index (χ1) is 2.93. The van der Waals surface area contributed by atoms with Gasteiger partial charge in [-0.15, -0.1) is 0 Å². The van der Waals surface area contributed by atoms with E-state index in [4.69, 9.17) is 0 Å². The molecule has 1 saturated heterocycles. The van der Waals surface area contributed by atoms with Crippen LogP contribution < -0.4 is 5.32 Å². The minimum atomic E-state index is 0.380. The molecule has 2 nitrogen and oxygen atoms in total. The molecule has 1 aliphatic heterocycles. The molecule has 0 aromatic rings. The van der Waals surface area contributed by atoms with Crippen molar-refractivity contribution in [2.75, 3.05) is 6.54 Å². The highest BCUT2D eigenvalue weighted by Crippen LogP contribution is 1.99. The third-order valence-corrected chi connectivity index (χ3v) is 1.02. The highest BCUT2D eigenvalue weighted by atomic mass is 15.1. The van der Waals surface area contributed by atoms with Crippen LogP contribution in [0.2, 0.25) is 0 Å². The van der Waals surface area contributed by atoms with E-state index < -0.39 is 0 Å². The van der Waals surface area contributed by atoms with Crippen LogP contribution in [0, 0.1) is 0 Å². The van der Waals surface area contributed by atoms with Gasteiger partial charge in [-0.2, -0.15) is 0 Å². The molecule has 1 fully saturated rings. The van der Waals surface area contributed by atoms with Crippen LogP contribution in [0.3, 0.4) is 0 Å². The summed E-state index contributed by atoms with van der Waals surface area (Å²) in [6.07, 6.45) is 1.55. The Kier molecular flexibility index (Phi) is 0.881. The second-order valence-electron chi connectivity index (χ2n) is 1.44. The van der Waals surface area contributed by atoms with E-state index >= 15 is 0 Å². The van der Waals surface area contributed by atoms with E-state index in [0.717, 1.165) is 6.54 Å². The normalized spacial score (nSPS) is 31.7. The minimum absolute atomic E-state index is 0.380. The number of hydrogen-bond acceptors (Lipinski definition) is 2. The summed E-state index contributed by atoms with van der Waals surface area (Å²) < 4.78 is 0. The molecule has 0 aliphatic carbocycles. The molecule has 0 aromatic carbocycles. The van der Waals surface area contributed by atoms with Crippen LogP contribution >= 0.6 is 0 Å². The van der Waals surface area contributed by atoms with Crippen molar-refractivity contribution in [2.45, 2.75) is 12.6 Å². The molecule has 1 unspecified atom stereocenters. The van der Waals surface area contributed by atoms with Crippen molar-refractivity contribution in [2.24, 2.45) is 4.99 Å². The minimum Gasteiger partial charge on any atom is -0.296 e. The molecule has 0 radical (unpaired) electrons. The van der Waals surface area contributed by atoms with Gasteiger partial charge in [-0.3, -0.25) is 10.3 Å². The molecule has 1 heterocycles. The number of rotatable bonds is 1. The Labute approximate surface area is 37.3 Å². The van der Waals surface area contributed by atoms with E-state index in [2.05, 4.69) is 17.0 Å². The molecular weight excluding hydrogens is 76.1 g/mol. The topological polar surface area (TPSA) is 24.4 Å². The summed E-state index contributed by atoms with van der Waals surface area (Å²) in [4.78, 5) is 3.73. The standard InChI is InChI=1S/C4H8N2/c1-5-4-2-3-6-4/h4,6H,1-3H2. The smallest absolute Gasteiger partial charge is 0.0999 e. The van der Waals surface area contributed by atoms with Gasteiger partial charge >= 0.3 is 0 Å². The summed E-state index contributed by atoms with van der Waals surface area (Å²) in [7, 11) is 0. The molecule has 0 spiro atoms. The number of nitrogens with one attached hydrogen (secondary N) is 1. The molecule has 0 amide bonds. The molecule has 1 N–H and O–H groups in total. The van der Waals surface area contributed by atoms with E-state index in [9.17, 15) is 0 Å². The van der Waals surface area contributed by atoms with Crippen molar-refractivity contribution in [1.82, 2.24) is 5.32 Å². The Bertz CT molecular complexity index is 56.6. The summed E-state index contributed by atoms with van der Waals surface area (Å²) in [5.41, 5.74) is 0. The van der Waals surface area contributed by atoms with Gasteiger partial charge < -0.3 is 0 Å². The van der Waals surface area contributed by atoms with E-state index in [-0.39, 0.29) is 0 Å². The van der Waals surface area contributed by atoms with Crippen LogP contribution in [-0.4, -0.2) is 19.4 Å². The number of nitrogens with zero attached hydrogens (tertiary/aromatic N) is 1. The fourth-order valence-electron chi connectivity index (χ4n) is 0.429. The highest BCUT2D eigenvalue weighted by Gasteiger charge is 2.11. The van der Waals surface area contributed by atoms with Crippen molar-refractivity contribution >= 4 is 6.72 Å². The lowest BCUT2D eigenvalue weighted by atomic mass is 10.2. The Morgan fingerprint density at radius 2 is 2.50 bits per heavy atom. The zero-order valence-corrected chi connectivity index (χ0v) is 3.65. The van der Waals surface area contributed by atoms with Crippen molar-refractivity contribution < 1.29 is 0 Å². The summed E-state index contributed by atoms with van der Waals surface area (Å²) in [6, 6.07) is 0. The maximum Gasteiger partial charge on any atom is 0.0999 e. The maximum atomic E-state index is 3.73. The molecule has 0 aromatic heterocycles. The predicted octanol–water partition coefficient (Wildman–Crippen LogP) is 0.00640. The van der Waals surface area contributed by atoms with E-state index in [1.807, 2.05) is 0 Å². The fourth-order valence-corrected chi connectivity index (χ4v) is 0.429. The molecule has 0 bridgehead atoms. The van der Waals surface area contributed by atoms with Crippen LogP contribution in [-0.2, 0) is 0 Å². The molecule has 0 saturated carbocycles. The van der Waals surface area contributed by atoms with Gasteiger partial charge in [0.15, 0.2) is 0 Å². The van der Waals surface area contributed by atoms with Crippen LogP contribution in [0.25, 0.3) is 0 Å². The van der Waals surface area contributed by atoms with E-state index in [0.29, 0.717) is 6.17 Å². The second-order valence-corrected chi connectivity index (χ2v) is 1.44. The van der Waals surface area contributed by atoms with Gasteiger partial charge in [0.2, 0.25) is 0 Å². The van der Waals surface area contributed by atoms with Crippen LogP contribution in [0.4, 0.5) is 0 Å². The van der Waals surface area contributed by atoms with E-state index in [1.54, 1.807) is 0 Å². The van der Waals surface area contributed by atoms with Gasteiger partial charge in [-0.1, -0.05) is 0 Å². The first kappa shape index (κ1) is 3.81. The zero-order valence-electron chi connectivity index (χ0n) is 3.65. The van der Waals surface area contributed by atoms with Gasteiger partial charge in [0.05, 0.1) is 6.17 Å². The molecule has 6 heavy (non-hydrogen) atoms. The number of aliphatic imine (C=N–C) groups is 1. The van der Waals surface area contributed by atoms with Gasteiger partial charge in [-0.25, -0.2) is 0 Å². The van der Waals surface area contributed by atoms with Gasteiger partial charge in [0.1, 0.15) is 0 Å². The lowest BCUT2D eigenvalue weighted by Crippen LogP contribution is -2.40. The van der Waals surface area contributed by atoms with Gasteiger partial charge in [0.25, 0.3) is 0 Å². The van der Waals surface area contributed by atoms with Gasteiger partial charge in [-0.05, 0) is 13.1 Å². The first-order valence-corrected chi connectivity index (χ1v) is 2.12. The third-order valence-electron chi connectivity index (χ3n) is 1.02. The zero-order chi connectivity index (χ0) is 4.41. The van der Waals surface area contributed by atoms with E-state index in [1.165, 1.54) is 6.42 Å². The summed E-state index contributed by atoms with van der Waals surface area (Å²) in [6.45, 7) is 4.48. The van der Waals surface area contributed by atoms with Crippen molar-refractivity contribution in [3.8, 4) is 0 Å². The SMILES string of the molecule is C=NC1CCN1. The average molecular weight is 84.1 g/mol. The summed E-state index contributed by atoms with van der Waals surface area (Å²) in [5.74, 6) is 0. The first-order valence-electron chi connectivity index (χ1n) is 2.12. The Morgan fingerprint density at radius 3 is 2.50 bits per heavy atom. The Morgan fingerprint density at radius 1 is 1.83 bits per heavy atom. The lowest BCUT2D eigenvalue weighted by molar-refractivity contribution is 0.387. The second kappa shape index (κ2) is 1.39. The molecule has 1 rings (SSSR count). The monoisotopic (exact) mass is 84.1 g/mol.